The SMILES string of the molecule is Fc1cc(F)cc(-c2nc3cc4c(cc3[nH]2)OCCO4)c1. The number of halogens is 2. The van der Waals surface area contributed by atoms with Crippen LogP contribution in [0.3, 0.4) is 0 Å². The van der Waals surface area contributed by atoms with E-state index in [1.165, 1.54) is 12.1 Å². The quantitative estimate of drug-likeness (QED) is 0.747. The van der Waals surface area contributed by atoms with Crippen molar-refractivity contribution >= 4 is 11.0 Å². The van der Waals surface area contributed by atoms with Gasteiger partial charge in [0, 0.05) is 23.8 Å². The molecule has 0 radical (unpaired) electrons. The fourth-order valence-electron chi connectivity index (χ4n) is 2.37. The van der Waals surface area contributed by atoms with Crippen molar-refractivity contribution in [2.75, 3.05) is 13.2 Å². The Kier molecular flexibility index (Phi) is 2.57. The fourth-order valence-corrected chi connectivity index (χ4v) is 2.37. The van der Waals surface area contributed by atoms with Gasteiger partial charge in [0.1, 0.15) is 30.7 Å². The van der Waals surface area contributed by atoms with Crippen LogP contribution in [0.25, 0.3) is 22.4 Å². The minimum atomic E-state index is -0.642. The number of ether oxygens (including phenoxy) is 2. The summed E-state index contributed by atoms with van der Waals surface area (Å²) in [5.41, 5.74) is 1.72. The fraction of sp³-hybridized carbons (Fsp3) is 0.133. The highest BCUT2D eigenvalue weighted by Gasteiger charge is 2.15. The zero-order chi connectivity index (χ0) is 14.4. The van der Waals surface area contributed by atoms with Crippen molar-refractivity contribution in [1.29, 1.82) is 0 Å². The highest BCUT2D eigenvalue weighted by Crippen LogP contribution is 2.34. The molecule has 0 saturated carbocycles. The van der Waals surface area contributed by atoms with Gasteiger partial charge in [-0.25, -0.2) is 13.8 Å². The number of imidazole rings is 1. The first-order chi connectivity index (χ1) is 10.2. The maximum absolute atomic E-state index is 13.3. The monoisotopic (exact) mass is 288 g/mol. The molecule has 0 bridgehead atoms. The van der Waals surface area contributed by atoms with E-state index in [9.17, 15) is 8.78 Å². The molecule has 1 aromatic heterocycles. The van der Waals surface area contributed by atoms with Crippen LogP contribution in [-0.2, 0) is 0 Å². The summed E-state index contributed by atoms with van der Waals surface area (Å²) in [6.07, 6.45) is 0. The van der Waals surface area contributed by atoms with E-state index in [4.69, 9.17) is 9.47 Å². The van der Waals surface area contributed by atoms with Gasteiger partial charge in [-0.2, -0.15) is 0 Å². The van der Waals surface area contributed by atoms with E-state index in [2.05, 4.69) is 9.97 Å². The van der Waals surface area contributed by atoms with E-state index in [1.54, 1.807) is 12.1 Å². The first-order valence-electron chi connectivity index (χ1n) is 6.45. The molecule has 21 heavy (non-hydrogen) atoms. The van der Waals surface area contributed by atoms with Gasteiger partial charge >= 0.3 is 0 Å². The van der Waals surface area contributed by atoms with E-state index < -0.39 is 11.6 Å². The molecule has 2 heterocycles. The number of benzene rings is 2. The molecule has 0 aliphatic carbocycles. The molecule has 106 valence electrons. The smallest absolute Gasteiger partial charge is 0.163 e. The van der Waals surface area contributed by atoms with Crippen LogP contribution in [0.2, 0.25) is 0 Å². The Morgan fingerprint density at radius 2 is 1.57 bits per heavy atom. The van der Waals surface area contributed by atoms with Crippen molar-refractivity contribution in [2.24, 2.45) is 0 Å². The zero-order valence-electron chi connectivity index (χ0n) is 10.8. The molecule has 0 fully saturated rings. The van der Waals surface area contributed by atoms with E-state index in [1.807, 2.05) is 0 Å². The van der Waals surface area contributed by atoms with Crippen LogP contribution < -0.4 is 9.47 Å². The number of aromatic nitrogens is 2. The molecule has 0 spiro atoms. The third-order valence-electron chi connectivity index (χ3n) is 3.28. The van der Waals surface area contributed by atoms with Gasteiger partial charge in [-0.3, -0.25) is 0 Å². The average molecular weight is 288 g/mol. The van der Waals surface area contributed by atoms with Gasteiger partial charge in [-0.1, -0.05) is 0 Å². The summed E-state index contributed by atoms with van der Waals surface area (Å²) < 4.78 is 37.6. The highest BCUT2D eigenvalue weighted by molar-refractivity contribution is 5.83. The van der Waals surface area contributed by atoms with Gasteiger partial charge in [0.05, 0.1) is 11.0 Å². The lowest BCUT2D eigenvalue weighted by Crippen LogP contribution is -2.15. The average Bonchev–Trinajstić information content (AvgIpc) is 2.86. The van der Waals surface area contributed by atoms with Crippen molar-refractivity contribution in [3.8, 4) is 22.9 Å². The number of nitrogens with zero attached hydrogens (tertiary/aromatic N) is 1. The van der Waals surface area contributed by atoms with Gasteiger partial charge in [-0.15, -0.1) is 0 Å². The Labute approximate surface area is 118 Å². The molecule has 0 saturated heterocycles. The second-order valence-corrected chi connectivity index (χ2v) is 4.76. The van der Waals surface area contributed by atoms with E-state index >= 15 is 0 Å². The van der Waals surface area contributed by atoms with Crippen LogP contribution >= 0.6 is 0 Å². The number of hydrogen-bond acceptors (Lipinski definition) is 3. The molecule has 2 aromatic carbocycles. The van der Waals surface area contributed by atoms with E-state index in [0.29, 0.717) is 41.6 Å². The summed E-state index contributed by atoms with van der Waals surface area (Å²) in [6.45, 7) is 0.986. The summed E-state index contributed by atoms with van der Waals surface area (Å²) in [4.78, 5) is 7.39. The molecule has 6 heteroatoms. The molecule has 0 atom stereocenters. The molecule has 1 aliphatic rings. The lowest BCUT2D eigenvalue weighted by Gasteiger charge is -2.17. The topological polar surface area (TPSA) is 47.1 Å². The molecule has 0 amide bonds. The number of H-pyrrole nitrogens is 1. The minimum absolute atomic E-state index is 0.350. The molecule has 1 aliphatic heterocycles. The lowest BCUT2D eigenvalue weighted by molar-refractivity contribution is 0.172. The Morgan fingerprint density at radius 1 is 0.905 bits per heavy atom. The van der Waals surface area contributed by atoms with Crippen LogP contribution in [0, 0.1) is 11.6 Å². The minimum Gasteiger partial charge on any atom is -0.486 e. The summed E-state index contributed by atoms with van der Waals surface area (Å²) >= 11 is 0. The maximum atomic E-state index is 13.3. The summed E-state index contributed by atoms with van der Waals surface area (Å²) in [6, 6.07) is 6.81. The summed E-state index contributed by atoms with van der Waals surface area (Å²) in [7, 11) is 0. The van der Waals surface area contributed by atoms with E-state index in [0.717, 1.165) is 11.6 Å². The third-order valence-corrected chi connectivity index (χ3v) is 3.28. The number of aromatic amines is 1. The predicted molar refractivity (Wildman–Crippen MR) is 72.4 cm³/mol. The summed E-state index contributed by atoms with van der Waals surface area (Å²) in [5, 5.41) is 0. The predicted octanol–water partition coefficient (Wildman–Crippen LogP) is 3.28. The summed E-state index contributed by atoms with van der Waals surface area (Å²) in [5.74, 6) is 0.366. The Balaban J connectivity index is 1.86. The van der Waals surface area contributed by atoms with Crippen molar-refractivity contribution in [1.82, 2.24) is 9.97 Å². The van der Waals surface area contributed by atoms with Crippen LogP contribution in [0.1, 0.15) is 0 Å². The van der Waals surface area contributed by atoms with Gasteiger partial charge in [0.2, 0.25) is 0 Å². The van der Waals surface area contributed by atoms with Crippen LogP contribution in [0.4, 0.5) is 8.78 Å². The molecule has 0 unspecified atom stereocenters. The van der Waals surface area contributed by atoms with Crippen molar-refractivity contribution < 1.29 is 18.3 Å². The highest BCUT2D eigenvalue weighted by atomic mass is 19.1. The largest absolute Gasteiger partial charge is 0.486 e. The van der Waals surface area contributed by atoms with Gasteiger partial charge in [0.15, 0.2) is 11.5 Å². The lowest BCUT2D eigenvalue weighted by atomic mass is 10.2. The third kappa shape index (κ3) is 2.08. The first kappa shape index (κ1) is 12.1. The first-order valence-corrected chi connectivity index (χ1v) is 6.45. The van der Waals surface area contributed by atoms with E-state index in [-0.39, 0.29) is 0 Å². The zero-order valence-corrected chi connectivity index (χ0v) is 10.8. The van der Waals surface area contributed by atoms with Gasteiger partial charge in [0.25, 0.3) is 0 Å². The maximum Gasteiger partial charge on any atom is 0.163 e. The van der Waals surface area contributed by atoms with Gasteiger partial charge in [-0.05, 0) is 12.1 Å². The van der Waals surface area contributed by atoms with Crippen molar-refractivity contribution in [3.63, 3.8) is 0 Å². The molecule has 4 nitrogen and oxygen atoms in total. The Morgan fingerprint density at radius 3 is 2.29 bits per heavy atom. The molecular weight excluding hydrogens is 278 g/mol. The number of fused-ring (bicyclic) bond motifs is 2. The second kappa shape index (κ2) is 4.44. The normalized spacial score (nSPS) is 13.6. The molecule has 4 rings (SSSR count). The van der Waals surface area contributed by atoms with Gasteiger partial charge < -0.3 is 14.5 Å². The Hall–Kier alpha value is -2.63. The Bertz CT molecular complexity index is 782. The molecular formula is C15H10F2N2O2. The number of hydrogen-bond donors (Lipinski definition) is 1. The van der Waals surface area contributed by atoms with Crippen LogP contribution in [0.5, 0.6) is 11.5 Å². The standard InChI is InChI=1S/C15H10F2N2O2/c16-9-3-8(4-10(17)5-9)15-18-11-6-13-14(7-12(11)19-15)21-2-1-20-13/h3-7H,1-2H2,(H,18,19). The number of nitrogens with one attached hydrogen (secondary N) is 1. The molecule has 1 N–H and O–H groups in total. The number of rotatable bonds is 1. The van der Waals surface area contributed by atoms with Crippen LogP contribution in [0.15, 0.2) is 30.3 Å². The second-order valence-electron chi connectivity index (χ2n) is 4.76. The van der Waals surface area contributed by atoms with Crippen LogP contribution in [-0.4, -0.2) is 23.2 Å². The molecule has 3 aromatic rings. The van der Waals surface area contributed by atoms with Crippen molar-refractivity contribution in [2.45, 2.75) is 0 Å². The van der Waals surface area contributed by atoms with Crippen molar-refractivity contribution in [3.05, 3.63) is 42.0 Å².